The molecule has 1 atom stereocenters. The SMILES string of the molecule is CCNC(=NCC1CCN(c2ccccc2OC)C1)N1CCC(C(=O)OCC)CC1. The van der Waals surface area contributed by atoms with E-state index in [2.05, 4.69) is 34.2 Å². The highest BCUT2D eigenvalue weighted by Gasteiger charge is 2.28. The number of nitrogens with zero attached hydrogens (tertiary/aromatic N) is 3. The Hall–Kier alpha value is -2.44. The number of nitrogens with one attached hydrogen (secondary N) is 1. The number of hydrogen-bond donors (Lipinski definition) is 1. The molecule has 0 amide bonds. The fourth-order valence-corrected chi connectivity index (χ4v) is 4.32. The standard InChI is InChI=1S/C23H36N4O3/c1-4-24-23(26-14-11-19(12-15-26)22(28)30-5-2)25-16-18-10-13-27(17-18)20-8-6-7-9-21(20)29-3/h6-9,18-19H,4-5,10-17H2,1-3H3,(H,24,25). The third-order valence-corrected chi connectivity index (χ3v) is 5.96. The Balaban J connectivity index is 1.55. The van der Waals surface area contributed by atoms with Gasteiger partial charge in [-0.25, -0.2) is 0 Å². The molecule has 7 nitrogen and oxygen atoms in total. The van der Waals surface area contributed by atoms with Crippen molar-refractivity contribution in [2.24, 2.45) is 16.8 Å². The number of esters is 1. The van der Waals surface area contributed by atoms with Gasteiger partial charge in [0.2, 0.25) is 0 Å². The maximum absolute atomic E-state index is 12.0. The van der Waals surface area contributed by atoms with Crippen LogP contribution in [0.3, 0.4) is 0 Å². The van der Waals surface area contributed by atoms with E-state index in [-0.39, 0.29) is 11.9 Å². The minimum atomic E-state index is -0.0542. The number of methoxy groups -OCH3 is 1. The molecule has 1 aromatic rings. The number of aliphatic imine (C=N–C) groups is 1. The Kier molecular flexibility index (Phi) is 8.22. The summed E-state index contributed by atoms with van der Waals surface area (Å²) >= 11 is 0. The molecule has 30 heavy (non-hydrogen) atoms. The zero-order chi connectivity index (χ0) is 21.3. The first-order valence-corrected chi connectivity index (χ1v) is 11.2. The molecule has 1 unspecified atom stereocenters. The van der Waals surface area contributed by atoms with E-state index in [1.807, 2.05) is 19.1 Å². The predicted octanol–water partition coefficient (Wildman–Crippen LogP) is 2.76. The van der Waals surface area contributed by atoms with Crippen LogP contribution in [0.5, 0.6) is 5.75 Å². The van der Waals surface area contributed by atoms with Gasteiger partial charge in [0.05, 0.1) is 25.3 Å². The van der Waals surface area contributed by atoms with Gasteiger partial charge in [0, 0.05) is 39.3 Å². The molecule has 166 valence electrons. The Bertz CT molecular complexity index is 716. The Morgan fingerprint density at radius 1 is 1.17 bits per heavy atom. The molecule has 0 bridgehead atoms. The summed E-state index contributed by atoms with van der Waals surface area (Å²) in [6.45, 7) is 9.77. The number of piperidine rings is 1. The monoisotopic (exact) mass is 416 g/mol. The van der Waals surface area contributed by atoms with Gasteiger partial charge in [0.25, 0.3) is 0 Å². The van der Waals surface area contributed by atoms with E-state index in [1.165, 1.54) is 5.69 Å². The molecule has 2 aliphatic rings. The van der Waals surface area contributed by atoms with Crippen molar-refractivity contribution in [2.75, 3.05) is 57.9 Å². The minimum absolute atomic E-state index is 0.0216. The fourth-order valence-electron chi connectivity index (χ4n) is 4.32. The number of hydrogen-bond acceptors (Lipinski definition) is 5. The van der Waals surface area contributed by atoms with Crippen molar-refractivity contribution in [3.63, 3.8) is 0 Å². The molecule has 1 aromatic carbocycles. The largest absolute Gasteiger partial charge is 0.495 e. The summed E-state index contributed by atoms with van der Waals surface area (Å²) in [6, 6.07) is 8.22. The number of rotatable bonds is 7. The highest BCUT2D eigenvalue weighted by Crippen LogP contribution is 2.32. The third-order valence-electron chi connectivity index (χ3n) is 5.96. The number of ether oxygens (including phenoxy) is 2. The number of para-hydroxylation sites is 2. The lowest BCUT2D eigenvalue weighted by atomic mass is 9.97. The highest BCUT2D eigenvalue weighted by molar-refractivity contribution is 5.80. The van der Waals surface area contributed by atoms with E-state index in [1.54, 1.807) is 7.11 Å². The summed E-state index contributed by atoms with van der Waals surface area (Å²) in [5.74, 6) is 2.39. The molecule has 0 spiro atoms. The van der Waals surface area contributed by atoms with Gasteiger partial charge < -0.3 is 24.6 Å². The van der Waals surface area contributed by atoms with Gasteiger partial charge in [-0.2, -0.15) is 0 Å². The van der Waals surface area contributed by atoms with Gasteiger partial charge in [0.15, 0.2) is 5.96 Å². The van der Waals surface area contributed by atoms with Crippen molar-refractivity contribution in [1.29, 1.82) is 0 Å². The molecule has 2 aliphatic heterocycles. The van der Waals surface area contributed by atoms with Gasteiger partial charge >= 0.3 is 5.97 Å². The number of carbonyl (C=O) groups excluding carboxylic acids is 1. The number of likely N-dealkylation sites (tertiary alicyclic amines) is 1. The fraction of sp³-hybridized carbons (Fsp3) is 0.652. The predicted molar refractivity (Wildman–Crippen MR) is 120 cm³/mol. The maximum Gasteiger partial charge on any atom is 0.309 e. The van der Waals surface area contributed by atoms with E-state index in [0.29, 0.717) is 12.5 Å². The van der Waals surface area contributed by atoms with Crippen LogP contribution in [0.25, 0.3) is 0 Å². The van der Waals surface area contributed by atoms with E-state index in [4.69, 9.17) is 14.5 Å². The molecular weight excluding hydrogens is 380 g/mol. The number of anilines is 1. The molecule has 0 saturated carbocycles. The van der Waals surface area contributed by atoms with Crippen molar-refractivity contribution in [2.45, 2.75) is 33.1 Å². The van der Waals surface area contributed by atoms with Crippen LogP contribution in [0.15, 0.2) is 29.3 Å². The summed E-state index contributed by atoms with van der Waals surface area (Å²) in [5, 5.41) is 3.43. The molecule has 7 heteroatoms. The lowest BCUT2D eigenvalue weighted by Gasteiger charge is -2.33. The minimum Gasteiger partial charge on any atom is -0.495 e. The van der Waals surface area contributed by atoms with Crippen molar-refractivity contribution < 1.29 is 14.3 Å². The smallest absolute Gasteiger partial charge is 0.309 e. The van der Waals surface area contributed by atoms with Crippen LogP contribution < -0.4 is 15.0 Å². The van der Waals surface area contributed by atoms with E-state index >= 15 is 0 Å². The van der Waals surface area contributed by atoms with Crippen LogP contribution in [0.4, 0.5) is 5.69 Å². The van der Waals surface area contributed by atoms with Crippen LogP contribution in [0, 0.1) is 11.8 Å². The molecule has 0 aromatic heterocycles. The second-order valence-electron chi connectivity index (χ2n) is 7.98. The topological polar surface area (TPSA) is 66.4 Å². The Morgan fingerprint density at radius 2 is 1.93 bits per heavy atom. The molecule has 3 rings (SSSR count). The Labute approximate surface area is 180 Å². The van der Waals surface area contributed by atoms with Gasteiger partial charge in [0.1, 0.15) is 5.75 Å². The van der Waals surface area contributed by atoms with Crippen LogP contribution in [-0.2, 0) is 9.53 Å². The van der Waals surface area contributed by atoms with Crippen LogP contribution >= 0.6 is 0 Å². The van der Waals surface area contributed by atoms with Gasteiger partial charge in [-0.05, 0) is 51.2 Å². The van der Waals surface area contributed by atoms with Gasteiger partial charge in [-0.1, -0.05) is 12.1 Å². The zero-order valence-electron chi connectivity index (χ0n) is 18.6. The van der Waals surface area contributed by atoms with Gasteiger partial charge in [-0.3, -0.25) is 9.79 Å². The number of carbonyl (C=O) groups is 1. The maximum atomic E-state index is 12.0. The summed E-state index contributed by atoms with van der Waals surface area (Å²) in [6.07, 6.45) is 2.79. The molecule has 0 radical (unpaired) electrons. The van der Waals surface area contributed by atoms with Crippen molar-refractivity contribution >= 4 is 17.6 Å². The second-order valence-corrected chi connectivity index (χ2v) is 7.98. The second kappa shape index (κ2) is 11.1. The van der Waals surface area contributed by atoms with Crippen molar-refractivity contribution in [1.82, 2.24) is 10.2 Å². The van der Waals surface area contributed by atoms with Crippen LogP contribution in [-0.4, -0.2) is 69.8 Å². The normalized spacial score (nSPS) is 20.4. The van der Waals surface area contributed by atoms with E-state index < -0.39 is 0 Å². The zero-order valence-corrected chi connectivity index (χ0v) is 18.6. The first-order chi connectivity index (χ1) is 14.7. The molecule has 2 heterocycles. The number of benzene rings is 1. The summed E-state index contributed by atoms with van der Waals surface area (Å²) in [5.41, 5.74) is 1.17. The average molecular weight is 417 g/mol. The first-order valence-electron chi connectivity index (χ1n) is 11.2. The van der Waals surface area contributed by atoms with E-state index in [9.17, 15) is 4.79 Å². The first kappa shape index (κ1) is 22.2. The third kappa shape index (κ3) is 5.58. The van der Waals surface area contributed by atoms with Crippen molar-refractivity contribution in [3.8, 4) is 5.75 Å². The number of guanidine groups is 1. The highest BCUT2D eigenvalue weighted by atomic mass is 16.5. The van der Waals surface area contributed by atoms with E-state index in [0.717, 1.165) is 70.2 Å². The van der Waals surface area contributed by atoms with Crippen LogP contribution in [0.2, 0.25) is 0 Å². The summed E-state index contributed by atoms with van der Waals surface area (Å²) in [7, 11) is 1.73. The molecule has 2 saturated heterocycles. The summed E-state index contributed by atoms with van der Waals surface area (Å²) in [4.78, 5) is 21.6. The lowest BCUT2D eigenvalue weighted by molar-refractivity contribution is -0.149. The van der Waals surface area contributed by atoms with Gasteiger partial charge in [-0.15, -0.1) is 0 Å². The molecular formula is C23H36N4O3. The molecule has 2 fully saturated rings. The van der Waals surface area contributed by atoms with Crippen molar-refractivity contribution in [3.05, 3.63) is 24.3 Å². The van der Waals surface area contributed by atoms with Crippen LogP contribution in [0.1, 0.15) is 33.1 Å². The quantitative estimate of drug-likeness (QED) is 0.419. The average Bonchev–Trinajstić information content (AvgIpc) is 3.25. The Morgan fingerprint density at radius 3 is 2.63 bits per heavy atom. The lowest BCUT2D eigenvalue weighted by Crippen LogP contribution is -2.47. The molecule has 1 N–H and O–H groups in total. The summed E-state index contributed by atoms with van der Waals surface area (Å²) < 4.78 is 10.7. The molecule has 0 aliphatic carbocycles.